The normalized spacial score (nSPS) is 12.0. The number of nitrogens with zero attached hydrogens (tertiary/aromatic N) is 4. The van der Waals surface area contributed by atoms with Crippen molar-refractivity contribution in [3.8, 4) is 22.9 Å². The predicted octanol–water partition coefficient (Wildman–Crippen LogP) is 11.8. The minimum absolute atomic E-state index is 0.657. The van der Waals surface area contributed by atoms with Crippen molar-refractivity contribution >= 4 is 76.1 Å². The molecule has 0 saturated heterocycles. The Hall–Kier alpha value is -6.78. The van der Waals surface area contributed by atoms with Crippen molar-refractivity contribution in [2.24, 2.45) is 0 Å². The molecule has 0 amide bonds. The summed E-state index contributed by atoms with van der Waals surface area (Å²) in [5, 5.41) is 10.7. The highest BCUT2D eigenvalue weighted by Gasteiger charge is 2.22. The van der Waals surface area contributed by atoms with Crippen molar-refractivity contribution in [1.82, 2.24) is 19.1 Å². The third kappa shape index (κ3) is 3.87. The van der Waals surface area contributed by atoms with Gasteiger partial charge in [0.2, 0.25) is 5.95 Å². The van der Waals surface area contributed by atoms with Crippen LogP contribution < -0.4 is 0 Å². The summed E-state index contributed by atoms with van der Waals surface area (Å²) in [6, 6.07) is 60.8. The summed E-state index contributed by atoms with van der Waals surface area (Å²) in [4.78, 5) is 10.7. The van der Waals surface area contributed by atoms with Crippen LogP contribution in [0.25, 0.3) is 99.0 Å². The van der Waals surface area contributed by atoms with Gasteiger partial charge in [-0.15, -0.1) is 0 Å². The van der Waals surface area contributed by atoms with Gasteiger partial charge in [0.05, 0.1) is 39.0 Å². The van der Waals surface area contributed by atoms with E-state index in [1.807, 2.05) is 6.07 Å². The Kier molecular flexibility index (Phi) is 5.63. The molecule has 11 rings (SSSR count). The van der Waals surface area contributed by atoms with E-state index in [1.54, 1.807) is 0 Å². The molecule has 0 aliphatic rings. The Bertz CT molecular complexity index is 3140. The van der Waals surface area contributed by atoms with Gasteiger partial charge >= 0.3 is 0 Å². The van der Waals surface area contributed by atoms with E-state index in [1.165, 1.54) is 48.6 Å². The van der Waals surface area contributed by atoms with Crippen molar-refractivity contribution in [2.75, 3.05) is 0 Å². The van der Waals surface area contributed by atoms with E-state index in [-0.39, 0.29) is 0 Å². The maximum Gasteiger partial charge on any atom is 0.235 e. The van der Waals surface area contributed by atoms with Crippen molar-refractivity contribution in [1.29, 1.82) is 0 Å². The molecular formula is C46H28N4. The highest BCUT2D eigenvalue weighted by atomic mass is 15.2. The molecule has 0 spiro atoms. The quantitative estimate of drug-likeness (QED) is 0.193. The highest BCUT2D eigenvalue weighted by molar-refractivity contribution is 6.21. The molecule has 0 radical (unpaired) electrons. The van der Waals surface area contributed by atoms with Gasteiger partial charge in [0, 0.05) is 37.9 Å². The second kappa shape index (κ2) is 10.4. The van der Waals surface area contributed by atoms with Gasteiger partial charge in [0.1, 0.15) is 0 Å². The Morgan fingerprint density at radius 1 is 0.340 bits per heavy atom. The minimum Gasteiger partial charge on any atom is -0.309 e. The molecule has 11 aromatic rings. The standard InChI is InChI=1S/C46H28N4/c1-2-14-30(15-3-1)45-35-21-8-10-22-39(35)47-46(48-45)50-42-26-32-17-5-4-16-31(32)25-36(42)38-27-37-34-20-9-11-23-41(34)49(43(37)28-44(38)50)40-24-12-18-29-13-6-7-19-33(29)40/h1-28H. The van der Waals surface area contributed by atoms with Gasteiger partial charge in [0.25, 0.3) is 0 Å². The third-order valence-electron chi connectivity index (χ3n) is 10.3. The fourth-order valence-corrected chi connectivity index (χ4v) is 8.02. The molecule has 0 N–H and O–H groups in total. The summed E-state index contributed by atoms with van der Waals surface area (Å²) in [7, 11) is 0. The van der Waals surface area contributed by atoms with E-state index in [4.69, 9.17) is 9.97 Å². The number of hydrogen-bond acceptors (Lipinski definition) is 2. The lowest BCUT2D eigenvalue weighted by Gasteiger charge is -2.13. The fraction of sp³-hybridized carbons (Fsp3) is 0. The van der Waals surface area contributed by atoms with Crippen molar-refractivity contribution < 1.29 is 0 Å². The first-order valence-corrected chi connectivity index (χ1v) is 17.0. The van der Waals surface area contributed by atoms with Gasteiger partial charge in [-0.25, -0.2) is 9.97 Å². The van der Waals surface area contributed by atoms with Crippen LogP contribution in [-0.4, -0.2) is 19.1 Å². The van der Waals surface area contributed by atoms with Crippen molar-refractivity contribution in [3.63, 3.8) is 0 Å². The number of aromatic nitrogens is 4. The van der Waals surface area contributed by atoms with Crippen LogP contribution in [0.15, 0.2) is 170 Å². The molecule has 0 unspecified atom stereocenters. The number of fused-ring (bicyclic) bond motifs is 9. The van der Waals surface area contributed by atoms with Crippen molar-refractivity contribution in [2.45, 2.75) is 0 Å². The van der Waals surface area contributed by atoms with Gasteiger partial charge in [-0.1, -0.05) is 127 Å². The summed E-state index contributed by atoms with van der Waals surface area (Å²) in [5.41, 5.74) is 8.55. The lowest BCUT2D eigenvalue weighted by atomic mass is 10.0. The molecule has 0 aliphatic carbocycles. The van der Waals surface area contributed by atoms with Gasteiger partial charge < -0.3 is 4.57 Å². The zero-order valence-corrected chi connectivity index (χ0v) is 27.0. The second-order valence-electron chi connectivity index (χ2n) is 13.0. The predicted molar refractivity (Wildman–Crippen MR) is 209 cm³/mol. The number of para-hydroxylation sites is 2. The highest BCUT2D eigenvalue weighted by Crippen LogP contribution is 2.41. The lowest BCUT2D eigenvalue weighted by Crippen LogP contribution is -2.03. The smallest absolute Gasteiger partial charge is 0.235 e. The summed E-state index contributed by atoms with van der Waals surface area (Å²) >= 11 is 0. The monoisotopic (exact) mass is 636 g/mol. The molecular weight excluding hydrogens is 609 g/mol. The van der Waals surface area contributed by atoms with E-state index >= 15 is 0 Å². The number of hydrogen-bond donors (Lipinski definition) is 0. The van der Waals surface area contributed by atoms with Gasteiger partial charge in [-0.3, -0.25) is 4.57 Å². The van der Waals surface area contributed by atoms with E-state index in [0.717, 1.165) is 44.4 Å². The van der Waals surface area contributed by atoms with Crippen molar-refractivity contribution in [3.05, 3.63) is 170 Å². The van der Waals surface area contributed by atoms with Crippen LogP contribution in [-0.2, 0) is 0 Å². The van der Waals surface area contributed by atoms with Crippen LogP contribution in [0, 0.1) is 0 Å². The van der Waals surface area contributed by atoms with Crippen LogP contribution in [0.3, 0.4) is 0 Å². The molecule has 3 aromatic heterocycles. The second-order valence-corrected chi connectivity index (χ2v) is 13.0. The Morgan fingerprint density at radius 3 is 1.80 bits per heavy atom. The largest absolute Gasteiger partial charge is 0.309 e. The average Bonchev–Trinajstić information content (AvgIpc) is 3.67. The van der Waals surface area contributed by atoms with E-state index in [0.29, 0.717) is 5.95 Å². The molecule has 0 aliphatic heterocycles. The third-order valence-corrected chi connectivity index (χ3v) is 10.3. The first-order chi connectivity index (χ1) is 24.8. The molecule has 0 atom stereocenters. The zero-order chi connectivity index (χ0) is 32.8. The van der Waals surface area contributed by atoms with E-state index in [9.17, 15) is 0 Å². The number of rotatable bonds is 3. The van der Waals surface area contributed by atoms with Gasteiger partial charge in [-0.2, -0.15) is 0 Å². The molecule has 0 bridgehead atoms. The SMILES string of the molecule is c1ccc(-c2nc(-n3c4cc5ccccc5cc4c4cc5c6ccccc6n(-c6cccc7ccccc67)c5cc43)nc3ccccc23)cc1. The maximum absolute atomic E-state index is 5.38. The Balaban J connectivity index is 1.32. The molecule has 0 fully saturated rings. The molecule has 50 heavy (non-hydrogen) atoms. The summed E-state index contributed by atoms with van der Waals surface area (Å²) in [5.74, 6) is 0.657. The molecule has 4 nitrogen and oxygen atoms in total. The topological polar surface area (TPSA) is 35.6 Å². The first kappa shape index (κ1) is 27.2. The Labute approximate surface area is 287 Å². The molecule has 4 heteroatoms. The first-order valence-electron chi connectivity index (χ1n) is 17.0. The molecule has 0 saturated carbocycles. The molecule has 8 aromatic carbocycles. The summed E-state index contributed by atoms with van der Waals surface area (Å²) in [6.45, 7) is 0. The average molecular weight is 637 g/mol. The molecule has 3 heterocycles. The number of benzene rings is 8. The van der Waals surface area contributed by atoms with Gasteiger partial charge in [-0.05, 0) is 58.6 Å². The Morgan fingerprint density at radius 2 is 0.940 bits per heavy atom. The van der Waals surface area contributed by atoms with E-state index in [2.05, 4.69) is 173 Å². The van der Waals surface area contributed by atoms with Crippen LogP contribution in [0.5, 0.6) is 0 Å². The lowest BCUT2D eigenvalue weighted by molar-refractivity contribution is 1.01. The van der Waals surface area contributed by atoms with E-state index < -0.39 is 0 Å². The minimum atomic E-state index is 0.657. The molecule has 232 valence electrons. The maximum atomic E-state index is 5.38. The van der Waals surface area contributed by atoms with Crippen LogP contribution in [0.2, 0.25) is 0 Å². The van der Waals surface area contributed by atoms with Gasteiger partial charge in [0.15, 0.2) is 0 Å². The fourth-order valence-electron chi connectivity index (χ4n) is 8.02. The zero-order valence-electron chi connectivity index (χ0n) is 27.0. The summed E-state index contributed by atoms with van der Waals surface area (Å²) in [6.07, 6.45) is 0. The van der Waals surface area contributed by atoms with Crippen LogP contribution in [0.4, 0.5) is 0 Å². The van der Waals surface area contributed by atoms with Crippen LogP contribution >= 0.6 is 0 Å². The summed E-state index contributed by atoms with van der Waals surface area (Å²) < 4.78 is 4.71. The van der Waals surface area contributed by atoms with Crippen LogP contribution in [0.1, 0.15) is 0 Å².